The van der Waals surface area contributed by atoms with Crippen molar-refractivity contribution in [1.82, 2.24) is 16.0 Å². The minimum atomic E-state index is -0.409. The molecule has 1 aromatic carbocycles. The fourth-order valence-corrected chi connectivity index (χ4v) is 7.06. The van der Waals surface area contributed by atoms with Crippen LogP contribution < -0.4 is 16.0 Å². The molecule has 6 rings (SSSR count). The molecule has 29 heavy (non-hydrogen) atoms. The van der Waals surface area contributed by atoms with Crippen molar-refractivity contribution >= 4 is 11.9 Å². The fraction of sp³-hybridized carbons (Fsp3) is 0.667. The van der Waals surface area contributed by atoms with Crippen LogP contribution in [0.1, 0.15) is 75.5 Å². The van der Waals surface area contributed by atoms with Gasteiger partial charge in [-0.05, 0) is 93.6 Å². The predicted octanol–water partition coefficient (Wildman–Crippen LogP) is 3.84. The van der Waals surface area contributed by atoms with E-state index in [-0.39, 0.29) is 23.5 Å². The van der Waals surface area contributed by atoms with Crippen LogP contribution >= 0.6 is 0 Å². The molecule has 4 saturated carbocycles. The molecule has 0 unspecified atom stereocenters. The molecule has 5 nitrogen and oxygen atoms in total. The Hall–Kier alpha value is -1.88. The number of aryl methyl sites for hydroxylation is 1. The van der Waals surface area contributed by atoms with Gasteiger partial charge in [0.05, 0.1) is 6.04 Å². The Morgan fingerprint density at radius 3 is 2.38 bits per heavy atom. The van der Waals surface area contributed by atoms with Gasteiger partial charge in [0.1, 0.15) is 0 Å². The number of hydrogen-bond donors (Lipinski definition) is 3. The number of carbonyl (C=O) groups is 2. The topological polar surface area (TPSA) is 70.2 Å². The van der Waals surface area contributed by atoms with Gasteiger partial charge in [-0.1, -0.05) is 24.3 Å². The number of benzene rings is 1. The van der Waals surface area contributed by atoms with E-state index in [0.717, 1.165) is 56.3 Å². The molecule has 0 heterocycles. The molecule has 0 spiro atoms. The van der Waals surface area contributed by atoms with E-state index in [0.29, 0.717) is 0 Å². The Bertz CT molecular complexity index is 770. The molecule has 1 aromatic rings. The molecule has 2 atom stereocenters. The van der Waals surface area contributed by atoms with Crippen molar-refractivity contribution in [3.63, 3.8) is 0 Å². The lowest BCUT2D eigenvalue weighted by atomic mass is 9.53. The van der Waals surface area contributed by atoms with E-state index in [9.17, 15) is 9.59 Å². The van der Waals surface area contributed by atoms with Crippen LogP contribution in [0.25, 0.3) is 0 Å². The summed E-state index contributed by atoms with van der Waals surface area (Å²) in [4.78, 5) is 25.4. The Morgan fingerprint density at radius 2 is 1.69 bits per heavy atom. The number of nitrogens with one attached hydrogen (secondary N) is 3. The maximum absolute atomic E-state index is 12.7. The Balaban J connectivity index is 1.17. The van der Waals surface area contributed by atoms with Crippen LogP contribution in [-0.4, -0.2) is 23.5 Å². The average molecular weight is 396 g/mol. The number of rotatable bonds is 4. The van der Waals surface area contributed by atoms with Crippen molar-refractivity contribution in [1.29, 1.82) is 0 Å². The second-order valence-corrected chi connectivity index (χ2v) is 10.2. The summed E-state index contributed by atoms with van der Waals surface area (Å²) in [6, 6.07) is 7.91. The van der Waals surface area contributed by atoms with E-state index in [1.807, 2.05) is 6.92 Å². The second-order valence-electron chi connectivity index (χ2n) is 10.2. The van der Waals surface area contributed by atoms with E-state index in [4.69, 9.17) is 0 Å². The van der Waals surface area contributed by atoms with Gasteiger partial charge in [-0.25, -0.2) is 4.79 Å². The quantitative estimate of drug-likeness (QED) is 0.725. The molecule has 0 saturated heterocycles. The maximum Gasteiger partial charge on any atom is 0.321 e. The number of fused-ring (bicyclic) bond motifs is 1. The molecule has 3 N–H and O–H groups in total. The Morgan fingerprint density at radius 1 is 1.03 bits per heavy atom. The first kappa shape index (κ1) is 19.1. The lowest BCUT2D eigenvalue weighted by Crippen LogP contribution is -2.62. The van der Waals surface area contributed by atoms with Gasteiger partial charge in [0.2, 0.25) is 5.91 Å². The third-order valence-electron chi connectivity index (χ3n) is 7.87. The van der Waals surface area contributed by atoms with Crippen molar-refractivity contribution in [3.8, 4) is 0 Å². The number of carbonyl (C=O) groups excluding carboxylic acids is 2. The van der Waals surface area contributed by atoms with E-state index in [2.05, 4.69) is 40.2 Å². The standard InChI is InChI=1S/C24H33N3O2/c1-15(25-21-8-4-6-19-5-2-3-7-20(19)21)22(28)26-23(29)27-24-12-16-9-17(13-24)11-18(10-16)14-24/h2-3,5,7,15-18,21,25H,4,6,8-14H2,1H3,(H2,26,27,28,29)/t15-,16?,17?,18?,21-,24?/m1/s1. The first-order valence-corrected chi connectivity index (χ1v) is 11.5. The average Bonchev–Trinajstić information content (AvgIpc) is 2.66. The third-order valence-corrected chi connectivity index (χ3v) is 7.87. The lowest BCUT2D eigenvalue weighted by Gasteiger charge is -2.56. The number of amides is 3. The van der Waals surface area contributed by atoms with Crippen LogP contribution in [0.15, 0.2) is 24.3 Å². The largest absolute Gasteiger partial charge is 0.332 e. The zero-order chi connectivity index (χ0) is 20.0. The lowest BCUT2D eigenvalue weighted by molar-refractivity contribution is -0.122. The summed E-state index contributed by atoms with van der Waals surface area (Å²) in [5.41, 5.74) is 2.58. The van der Waals surface area contributed by atoms with E-state index in [1.54, 1.807) is 0 Å². The number of hydrogen-bond acceptors (Lipinski definition) is 3. The van der Waals surface area contributed by atoms with Crippen LogP contribution in [-0.2, 0) is 11.2 Å². The SMILES string of the molecule is C[C@@H](N[C@@H]1CCCc2ccccc21)C(=O)NC(=O)NC12CC3CC(CC(C3)C1)C2. The molecule has 5 heteroatoms. The number of imide groups is 1. The Labute approximate surface area is 173 Å². The van der Waals surface area contributed by atoms with Crippen LogP contribution in [0.2, 0.25) is 0 Å². The summed E-state index contributed by atoms with van der Waals surface area (Å²) in [6.07, 6.45) is 10.5. The molecule has 0 aromatic heterocycles. The monoisotopic (exact) mass is 395 g/mol. The second kappa shape index (κ2) is 7.42. The normalized spacial score (nSPS) is 35.6. The summed E-state index contributed by atoms with van der Waals surface area (Å²) < 4.78 is 0. The summed E-state index contributed by atoms with van der Waals surface area (Å²) >= 11 is 0. The molecule has 4 bridgehead atoms. The zero-order valence-electron chi connectivity index (χ0n) is 17.4. The molecular weight excluding hydrogens is 362 g/mol. The van der Waals surface area contributed by atoms with Crippen LogP contribution in [0.5, 0.6) is 0 Å². The van der Waals surface area contributed by atoms with Crippen molar-refractivity contribution in [2.75, 3.05) is 0 Å². The van der Waals surface area contributed by atoms with Crippen LogP contribution in [0, 0.1) is 17.8 Å². The van der Waals surface area contributed by atoms with Crippen molar-refractivity contribution in [3.05, 3.63) is 35.4 Å². The molecule has 5 aliphatic rings. The van der Waals surface area contributed by atoms with Gasteiger partial charge in [-0.15, -0.1) is 0 Å². The van der Waals surface area contributed by atoms with Crippen LogP contribution in [0.3, 0.4) is 0 Å². The molecule has 3 amide bonds. The minimum absolute atomic E-state index is 0.0713. The highest BCUT2D eigenvalue weighted by molar-refractivity contribution is 5.97. The highest BCUT2D eigenvalue weighted by atomic mass is 16.2. The summed E-state index contributed by atoms with van der Waals surface area (Å²) in [5, 5.41) is 9.30. The summed E-state index contributed by atoms with van der Waals surface area (Å²) in [5.74, 6) is 2.06. The van der Waals surface area contributed by atoms with Crippen molar-refractivity contribution in [2.45, 2.75) is 82.3 Å². The van der Waals surface area contributed by atoms with Gasteiger partial charge in [0, 0.05) is 11.6 Å². The van der Waals surface area contributed by atoms with Gasteiger partial charge < -0.3 is 5.32 Å². The predicted molar refractivity (Wildman–Crippen MR) is 112 cm³/mol. The molecule has 0 aliphatic heterocycles. The van der Waals surface area contributed by atoms with E-state index in [1.165, 1.54) is 30.4 Å². The fourth-order valence-electron chi connectivity index (χ4n) is 7.06. The van der Waals surface area contributed by atoms with E-state index < -0.39 is 6.04 Å². The van der Waals surface area contributed by atoms with Crippen molar-refractivity contribution < 1.29 is 9.59 Å². The molecule has 5 aliphatic carbocycles. The smallest absolute Gasteiger partial charge is 0.321 e. The molecule has 0 radical (unpaired) electrons. The molecular formula is C24H33N3O2. The van der Waals surface area contributed by atoms with Crippen molar-refractivity contribution in [2.24, 2.45) is 17.8 Å². The van der Waals surface area contributed by atoms with Gasteiger partial charge >= 0.3 is 6.03 Å². The summed E-state index contributed by atoms with van der Waals surface area (Å²) in [7, 11) is 0. The first-order chi connectivity index (χ1) is 14.0. The highest BCUT2D eigenvalue weighted by Gasteiger charge is 2.51. The summed E-state index contributed by atoms with van der Waals surface area (Å²) in [6.45, 7) is 1.85. The van der Waals surface area contributed by atoms with Crippen LogP contribution in [0.4, 0.5) is 4.79 Å². The molecule has 156 valence electrons. The minimum Gasteiger partial charge on any atom is -0.332 e. The zero-order valence-corrected chi connectivity index (χ0v) is 17.4. The Kier molecular flexibility index (Phi) is 4.89. The third kappa shape index (κ3) is 3.81. The van der Waals surface area contributed by atoms with E-state index >= 15 is 0 Å². The van der Waals surface area contributed by atoms with Gasteiger partial charge in [-0.3, -0.25) is 15.4 Å². The first-order valence-electron chi connectivity index (χ1n) is 11.5. The number of urea groups is 1. The van der Waals surface area contributed by atoms with Gasteiger partial charge in [-0.2, -0.15) is 0 Å². The maximum atomic E-state index is 12.7. The molecule has 4 fully saturated rings. The van der Waals surface area contributed by atoms with Gasteiger partial charge in [0.15, 0.2) is 0 Å². The highest BCUT2D eigenvalue weighted by Crippen LogP contribution is 2.55. The van der Waals surface area contributed by atoms with Gasteiger partial charge in [0.25, 0.3) is 0 Å².